The number of carbonyl (C=O) groups excluding carboxylic acids is 2. The maximum absolute atomic E-state index is 12.9. The fourth-order valence-electron chi connectivity index (χ4n) is 3.99. The van der Waals surface area contributed by atoms with Crippen molar-refractivity contribution in [3.05, 3.63) is 105 Å². The molecule has 15 heteroatoms. The summed E-state index contributed by atoms with van der Waals surface area (Å²) in [4.78, 5) is 46.3. The predicted molar refractivity (Wildman–Crippen MR) is 136 cm³/mol. The number of nitro benzene ring substituents is 2. The van der Waals surface area contributed by atoms with Crippen LogP contribution in [0.25, 0.3) is 0 Å². The number of esters is 2. The number of nitrogens with one attached hydrogen (secondary N) is 1. The van der Waals surface area contributed by atoms with E-state index in [1.165, 1.54) is 48.5 Å². The van der Waals surface area contributed by atoms with E-state index in [2.05, 4.69) is 20.8 Å². The van der Waals surface area contributed by atoms with Gasteiger partial charge in [-0.1, -0.05) is 18.2 Å². The van der Waals surface area contributed by atoms with Gasteiger partial charge in [-0.25, -0.2) is 9.59 Å². The third kappa shape index (κ3) is 5.08. The van der Waals surface area contributed by atoms with E-state index in [0.29, 0.717) is 5.69 Å². The first-order chi connectivity index (χ1) is 19.3. The van der Waals surface area contributed by atoms with Crippen LogP contribution in [0.15, 0.2) is 94.2 Å². The number of rotatable bonds is 8. The predicted octanol–water partition coefficient (Wildman–Crippen LogP) is 3.93. The highest BCUT2D eigenvalue weighted by atomic mass is 16.7. The third-order valence-electron chi connectivity index (χ3n) is 5.98. The highest BCUT2D eigenvalue weighted by molar-refractivity contribution is 6.42. The molecule has 2 heterocycles. The van der Waals surface area contributed by atoms with Crippen molar-refractivity contribution in [2.24, 2.45) is 15.3 Å². The Hall–Kier alpha value is -5.57. The van der Waals surface area contributed by atoms with Crippen molar-refractivity contribution in [2.75, 3.05) is 12.0 Å². The van der Waals surface area contributed by atoms with Crippen LogP contribution in [-0.2, 0) is 19.0 Å². The summed E-state index contributed by atoms with van der Waals surface area (Å²) in [5.74, 6) is -1.61. The molecule has 2 saturated heterocycles. The summed E-state index contributed by atoms with van der Waals surface area (Å²) in [5.41, 5.74) is 0.813. The van der Waals surface area contributed by atoms with Gasteiger partial charge in [0.1, 0.15) is 0 Å². The third-order valence-corrected chi connectivity index (χ3v) is 5.98. The lowest BCUT2D eigenvalue weighted by molar-refractivity contribution is -0.385. The van der Waals surface area contributed by atoms with Crippen molar-refractivity contribution in [1.82, 2.24) is 0 Å². The van der Waals surface area contributed by atoms with E-state index < -0.39 is 39.7 Å². The second-order valence-electron chi connectivity index (χ2n) is 8.49. The zero-order chi connectivity index (χ0) is 28.3. The number of azo groups is 1. The van der Waals surface area contributed by atoms with E-state index in [0.717, 1.165) is 0 Å². The minimum Gasteiger partial charge on any atom is -0.452 e. The van der Waals surface area contributed by atoms with E-state index in [-0.39, 0.29) is 34.9 Å². The lowest BCUT2D eigenvalue weighted by Crippen LogP contribution is -2.44. The first kappa shape index (κ1) is 26.1. The normalized spacial score (nSPS) is 22.6. The molecule has 202 valence electrons. The van der Waals surface area contributed by atoms with E-state index in [9.17, 15) is 29.8 Å². The zero-order valence-corrected chi connectivity index (χ0v) is 20.3. The van der Waals surface area contributed by atoms with Gasteiger partial charge >= 0.3 is 11.9 Å². The molecule has 40 heavy (non-hydrogen) atoms. The molecular formula is C25H18N6O9. The highest BCUT2D eigenvalue weighted by Gasteiger charge is 2.66. The molecular weight excluding hydrogens is 528 g/mol. The molecule has 3 atom stereocenters. The number of anilines is 1. The maximum atomic E-state index is 12.9. The van der Waals surface area contributed by atoms with E-state index in [1.807, 2.05) is 0 Å². The van der Waals surface area contributed by atoms with Gasteiger partial charge in [0.05, 0.1) is 33.4 Å². The van der Waals surface area contributed by atoms with Crippen LogP contribution in [0.4, 0.5) is 22.7 Å². The zero-order valence-electron chi connectivity index (χ0n) is 20.3. The number of hydrogen-bond donors (Lipinski definition) is 1. The number of fused-ring (bicyclic) bond motifs is 1. The molecule has 5 rings (SSSR count). The molecule has 1 N–H and O–H groups in total. The number of nitrogens with zero attached hydrogens (tertiary/aromatic N) is 5. The van der Waals surface area contributed by atoms with Crippen molar-refractivity contribution < 1.29 is 33.6 Å². The lowest BCUT2D eigenvalue weighted by atomic mass is 10.0. The van der Waals surface area contributed by atoms with Crippen LogP contribution in [0.3, 0.4) is 0 Å². The molecule has 0 aromatic heterocycles. The monoisotopic (exact) mass is 546 g/mol. The Bertz CT molecular complexity index is 1530. The fourth-order valence-corrected chi connectivity index (χ4v) is 3.99. The van der Waals surface area contributed by atoms with Crippen LogP contribution in [-0.4, -0.2) is 52.0 Å². The van der Waals surface area contributed by atoms with Gasteiger partial charge in [0.15, 0.2) is 12.2 Å². The van der Waals surface area contributed by atoms with Crippen LogP contribution < -0.4 is 5.43 Å². The Labute approximate surface area is 224 Å². The molecule has 2 fully saturated rings. The first-order valence-corrected chi connectivity index (χ1v) is 11.6. The largest absolute Gasteiger partial charge is 0.452 e. The number of benzene rings is 3. The van der Waals surface area contributed by atoms with Gasteiger partial charge in [-0.2, -0.15) is 10.2 Å². The van der Waals surface area contributed by atoms with E-state index in [4.69, 9.17) is 14.2 Å². The Balaban J connectivity index is 1.46. The summed E-state index contributed by atoms with van der Waals surface area (Å²) < 4.78 is 16.9. The van der Waals surface area contributed by atoms with Gasteiger partial charge < -0.3 is 14.2 Å². The Kier molecular flexibility index (Phi) is 6.94. The van der Waals surface area contributed by atoms with Gasteiger partial charge in [0, 0.05) is 24.3 Å². The Morgan fingerprint density at radius 1 is 0.950 bits per heavy atom. The SMILES string of the molecule is O=C1OC2C(OC(=O)c3ccccc3)COC2(N=Nc2ccc([N+](=O)[O-])cc2)/C1=N/Nc1ccc([N+](=O)[O-])cc1. The highest BCUT2D eigenvalue weighted by Crippen LogP contribution is 2.40. The molecule has 0 aliphatic carbocycles. The standard InChI is InChI=1S/C25H18N6O9/c32-23(15-4-2-1-3-5-15)39-20-14-38-25(29-27-17-8-12-19(13-9-17)31(36)37)21(24(33)40-22(20)25)28-26-16-6-10-18(11-7-16)30(34)35/h1-13,20,22,26H,14H2/b28-21+,29-27?. The van der Waals surface area contributed by atoms with Crippen LogP contribution >= 0.6 is 0 Å². The van der Waals surface area contributed by atoms with Crippen LogP contribution in [0.5, 0.6) is 0 Å². The van der Waals surface area contributed by atoms with Gasteiger partial charge in [0.2, 0.25) is 5.71 Å². The minimum atomic E-state index is -1.94. The lowest BCUT2D eigenvalue weighted by Gasteiger charge is -2.20. The molecule has 0 radical (unpaired) electrons. The quantitative estimate of drug-likeness (QED) is 0.187. The molecule has 0 spiro atoms. The average Bonchev–Trinajstić information content (AvgIpc) is 3.44. The second kappa shape index (κ2) is 10.7. The fraction of sp³-hybridized carbons (Fsp3) is 0.160. The van der Waals surface area contributed by atoms with Crippen molar-refractivity contribution in [3.63, 3.8) is 0 Å². The molecule has 0 amide bonds. The molecule has 2 aliphatic rings. The number of ether oxygens (including phenoxy) is 3. The molecule has 3 unspecified atom stereocenters. The number of carbonyl (C=O) groups is 2. The van der Waals surface area contributed by atoms with Crippen molar-refractivity contribution in [1.29, 1.82) is 0 Å². The summed E-state index contributed by atoms with van der Waals surface area (Å²) in [6.45, 7) is -0.216. The molecule has 3 aromatic carbocycles. The summed E-state index contributed by atoms with van der Waals surface area (Å²) in [5, 5.41) is 34.3. The first-order valence-electron chi connectivity index (χ1n) is 11.6. The molecule has 2 aliphatic heterocycles. The number of non-ortho nitro benzene ring substituents is 2. The second-order valence-corrected chi connectivity index (χ2v) is 8.49. The average molecular weight is 546 g/mol. The van der Waals surface area contributed by atoms with Crippen molar-refractivity contribution in [2.45, 2.75) is 17.9 Å². The van der Waals surface area contributed by atoms with E-state index >= 15 is 0 Å². The van der Waals surface area contributed by atoms with Crippen molar-refractivity contribution in [3.8, 4) is 0 Å². The summed E-state index contributed by atoms with van der Waals surface area (Å²) in [6.07, 6.45) is -2.33. The topological polar surface area (TPSA) is 197 Å². The smallest absolute Gasteiger partial charge is 0.360 e. The van der Waals surface area contributed by atoms with Crippen molar-refractivity contribution >= 4 is 40.4 Å². The molecule has 15 nitrogen and oxygen atoms in total. The summed E-state index contributed by atoms with van der Waals surface area (Å²) >= 11 is 0. The minimum absolute atomic E-state index is 0.144. The summed E-state index contributed by atoms with van der Waals surface area (Å²) in [7, 11) is 0. The number of hydrogen-bond acceptors (Lipinski definition) is 13. The van der Waals surface area contributed by atoms with Crippen LogP contribution in [0, 0.1) is 20.2 Å². The Morgan fingerprint density at radius 3 is 2.20 bits per heavy atom. The number of hydrazone groups is 1. The molecule has 0 bridgehead atoms. The van der Waals surface area contributed by atoms with Crippen LogP contribution in [0.2, 0.25) is 0 Å². The maximum Gasteiger partial charge on any atom is 0.360 e. The Morgan fingerprint density at radius 2 is 1.57 bits per heavy atom. The van der Waals surface area contributed by atoms with Gasteiger partial charge in [0.25, 0.3) is 17.1 Å². The molecule has 0 saturated carbocycles. The van der Waals surface area contributed by atoms with Crippen LogP contribution in [0.1, 0.15) is 10.4 Å². The summed E-state index contributed by atoms with van der Waals surface area (Å²) in [6, 6.07) is 18.6. The molecule has 3 aromatic rings. The van der Waals surface area contributed by atoms with Gasteiger partial charge in [-0.15, -0.1) is 5.11 Å². The van der Waals surface area contributed by atoms with Gasteiger partial charge in [-0.05, 0) is 36.4 Å². The number of nitro groups is 2. The van der Waals surface area contributed by atoms with Gasteiger partial charge in [-0.3, -0.25) is 25.7 Å². The van der Waals surface area contributed by atoms with E-state index in [1.54, 1.807) is 30.3 Å².